The summed E-state index contributed by atoms with van der Waals surface area (Å²) in [5.74, 6) is 0.841. The summed E-state index contributed by atoms with van der Waals surface area (Å²) < 4.78 is 10.6. The van der Waals surface area contributed by atoms with Crippen molar-refractivity contribution in [2.45, 2.75) is 25.3 Å². The van der Waals surface area contributed by atoms with Gasteiger partial charge in [0.15, 0.2) is 11.5 Å². The predicted molar refractivity (Wildman–Crippen MR) is 82.5 cm³/mol. The summed E-state index contributed by atoms with van der Waals surface area (Å²) in [5, 5.41) is 12.2. The Morgan fingerprint density at radius 1 is 1.36 bits per heavy atom. The van der Waals surface area contributed by atoms with Crippen LogP contribution in [0, 0.1) is 17.2 Å². The molecule has 2 atom stereocenters. The molecule has 0 bridgehead atoms. The van der Waals surface area contributed by atoms with Gasteiger partial charge >= 0.3 is 0 Å². The Bertz CT molecular complexity index is 604. The number of ether oxygens (including phenoxy) is 2. The van der Waals surface area contributed by atoms with Gasteiger partial charge in [-0.3, -0.25) is 4.79 Å². The third-order valence-corrected chi connectivity index (χ3v) is 3.80. The molecular weight excluding hydrogens is 280 g/mol. The first-order chi connectivity index (χ1) is 10.7. The van der Waals surface area contributed by atoms with E-state index in [1.54, 1.807) is 18.2 Å². The van der Waals surface area contributed by atoms with Crippen LogP contribution in [0.4, 0.5) is 0 Å². The average molecular weight is 300 g/mol. The fourth-order valence-electron chi connectivity index (χ4n) is 2.61. The molecule has 0 aliphatic heterocycles. The molecule has 116 valence electrons. The quantitative estimate of drug-likeness (QED) is 0.849. The molecule has 1 aromatic carbocycles. The average Bonchev–Trinajstić information content (AvgIpc) is 2.59. The number of allylic oxidation sites excluding steroid dienone is 2. The minimum Gasteiger partial charge on any atom is -0.493 e. The summed E-state index contributed by atoms with van der Waals surface area (Å²) in [6, 6.07) is 6.66. The van der Waals surface area contributed by atoms with Crippen LogP contribution in [-0.2, 0) is 4.79 Å². The highest BCUT2D eigenvalue weighted by Crippen LogP contribution is 2.34. The van der Waals surface area contributed by atoms with E-state index < -0.39 is 6.04 Å². The van der Waals surface area contributed by atoms with Crippen molar-refractivity contribution >= 4 is 5.91 Å². The molecule has 0 heterocycles. The van der Waals surface area contributed by atoms with Crippen molar-refractivity contribution in [2.24, 2.45) is 5.92 Å². The number of para-hydroxylation sites is 1. The number of benzene rings is 1. The molecule has 1 aliphatic rings. The van der Waals surface area contributed by atoms with E-state index in [0.717, 1.165) is 19.3 Å². The number of nitriles is 1. The van der Waals surface area contributed by atoms with Crippen molar-refractivity contribution in [2.75, 3.05) is 14.2 Å². The van der Waals surface area contributed by atoms with Gasteiger partial charge in [-0.05, 0) is 25.3 Å². The Labute approximate surface area is 130 Å². The van der Waals surface area contributed by atoms with E-state index in [-0.39, 0.29) is 11.8 Å². The summed E-state index contributed by atoms with van der Waals surface area (Å²) in [7, 11) is 3.06. The van der Waals surface area contributed by atoms with Crippen molar-refractivity contribution < 1.29 is 14.3 Å². The SMILES string of the molecule is COc1cccc([C@@H](C#N)NC(=O)[C@H]2CC=CCC2)c1OC. The molecule has 5 heteroatoms. The number of hydrogen-bond acceptors (Lipinski definition) is 4. The summed E-state index contributed by atoms with van der Waals surface area (Å²) in [5.41, 5.74) is 0.601. The van der Waals surface area contributed by atoms with E-state index in [1.807, 2.05) is 6.08 Å². The number of rotatable bonds is 5. The minimum absolute atomic E-state index is 0.0718. The standard InChI is InChI=1S/C17H20N2O3/c1-21-15-10-6-9-13(16(15)22-2)14(11-18)19-17(20)12-7-4-3-5-8-12/h3-4,6,9-10,12,14H,5,7-8H2,1-2H3,(H,19,20)/t12-,14+/m0/s1. The number of nitrogens with one attached hydrogen (secondary N) is 1. The molecule has 1 N–H and O–H groups in total. The van der Waals surface area contributed by atoms with Gasteiger partial charge in [-0.15, -0.1) is 0 Å². The maximum atomic E-state index is 12.3. The van der Waals surface area contributed by atoms with Gasteiger partial charge < -0.3 is 14.8 Å². The molecule has 0 fully saturated rings. The first kappa shape index (κ1) is 15.9. The van der Waals surface area contributed by atoms with Crippen LogP contribution in [0.3, 0.4) is 0 Å². The van der Waals surface area contributed by atoms with Gasteiger partial charge in [-0.2, -0.15) is 5.26 Å². The van der Waals surface area contributed by atoms with Crippen molar-refractivity contribution in [3.63, 3.8) is 0 Å². The zero-order valence-corrected chi connectivity index (χ0v) is 12.8. The highest BCUT2D eigenvalue weighted by molar-refractivity contribution is 5.80. The molecule has 1 aliphatic carbocycles. The van der Waals surface area contributed by atoms with Crippen molar-refractivity contribution in [1.82, 2.24) is 5.32 Å². The normalized spacial score (nSPS) is 18.1. The van der Waals surface area contributed by atoms with Crippen LogP contribution in [0.2, 0.25) is 0 Å². The van der Waals surface area contributed by atoms with Crippen molar-refractivity contribution in [3.8, 4) is 17.6 Å². The van der Waals surface area contributed by atoms with E-state index >= 15 is 0 Å². The second-order valence-corrected chi connectivity index (χ2v) is 5.13. The van der Waals surface area contributed by atoms with Crippen LogP contribution in [0.25, 0.3) is 0 Å². The summed E-state index contributed by atoms with van der Waals surface area (Å²) >= 11 is 0. The maximum absolute atomic E-state index is 12.3. The fourth-order valence-corrected chi connectivity index (χ4v) is 2.61. The lowest BCUT2D eigenvalue weighted by Crippen LogP contribution is -2.34. The molecule has 22 heavy (non-hydrogen) atoms. The van der Waals surface area contributed by atoms with E-state index in [2.05, 4.69) is 17.5 Å². The third-order valence-electron chi connectivity index (χ3n) is 3.80. The van der Waals surface area contributed by atoms with Gasteiger partial charge in [0.2, 0.25) is 5.91 Å². The highest BCUT2D eigenvalue weighted by Gasteiger charge is 2.25. The Morgan fingerprint density at radius 2 is 2.18 bits per heavy atom. The minimum atomic E-state index is -0.761. The fraction of sp³-hybridized carbons (Fsp3) is 0.412. The molecule has 0 unspecified atom stereocenters. The van der Waals surface area contributed by atoms with Gasteiger partial charge in [0.25, 0.3) is 0 Å². The van der Waals surface area contributed by atoms with Crippen LogP contribution in [0.5, 0.6) is 11.5 Å². The number of carbonyl (C=O) groups excluding carboxylic acids is 1. The molecule has 0 aromatic heterocycles. The van der Waals surface area contributed by atoms with Crippen LogP contribution in [0.1, 0.15) is 30.9 Å². The molecular formula is C17H20N2O3. The molecule has 1 amide bonds. The molecule has 2 rings (SSSR count). The van der Waals surface area contributed by atoms with Crippen LogP contribution in [-0.4, -0.2) is 20.1 Å². The predicted octanol–water partition coefficient (Wildman–Crippen LogP) is 2.74. The monoisotopic (exact) mass is 300 g/mol. The largest absolute Gasteiger partial charge is 0.493 e. The Kier molecular flexibility index (Phi) is 5.42. The van der Waals surface area contributed by atoms with Crippen molar-refractivity contribution in [1.29, 1.82) is 5.26 Å². The number of hydrogen-bond donors (Lipinski definition) is 1. The zero-order valence-electron chi connectivity index (χ0n) is 12.8. The summed E-state index contributed by atoms with van der Waals surface area (Å²) in [4.78, 5) is 12.3. The van der Waals surface area contributed by atoms with Crippen LogP contribution < -0.4 is 14.8 Å². The summed E-state index contributed by atoms with van der Waals surface area (Å²) in [6.45, 7) is 0. The smallest absolute Gasteiger partial charge is 0.224 e. The molecule has 0 spiro atoms. The second-order valence-electron chi connectivity index (χ2n) is 5.13. The number of nitrogens with zero attached hydrogens (tertiary/aromatic N) is 1. The lowest BCUT2D eigenvalue weighted by Gasteiger charge is -2.21. The van der Waals surface area contributed by atoms with Crippen molar-refractivity contribution in [3.05, 3.63) is 35.9 Å². The zero-order chi connectivity index (χ0) is 15.9. The topological polar surface area (TPSA) is 71.3 Å². The van der Waals surface area contributed by atoms with Gasteiger partial charge in [-0.25, -0.2) is 0 Å². The first-order valence-electron chi connectivity index (χ1n) is 7.27. The van der Waals surface area contributed by atoms with E-state index in [9.17, 15) is 10.1 Å². The Morgan fingerprint density at radius 3 is 2.77 bits per heavy atom. The molecule has 5 nitrogen and oxygen atoms in total. The third kappa shape index (κ3) is 3.40. The van der Waals surface area contributed by atoms with E-state index in [1.165, 1.54) is 14.2 Å². The van der Waals surface area contributed by atoms with Gasteiger partial charge in [0.05, 0.1) is 20.3 Å². The Hall–Kier alpha value is -2.48. The summed E-state index contributed by atoms with van der Waals surface area (Å²) in [6.07, 6.45) is 6.53. The lowest BCUT2D eigenvalue weighted by atomic mass is 9.93. The number of methoxy groups -OCH3 is 2. The van der Waals surface area contributed by atoms with Gasteiger partial charge in [0.1, 0.15) is 6.04 Å². The van der Waals surface area contributed by atoms with Crippen LogP contribution >= 0.6 is 0 Å². The molecule has 0 saturated carbocycles. The lowest BCUT2D eigenvalue weighted by molar-refractivity contribution is -0.125. The van der Waals surface area contributed by atoms with E-state index in [0.29, 0.717) is 17.1 Å². The second kappa shape index (κ2) is 7.51. The van der Waals surface area contributed by atoms with E-state index in [4.69, 9.17) is 9.47 Å². The molecule has 0 saturated heterocycles. The number of carbonyl (C=O) groups is 1. The molecule has 0 radical (unpaired) electrons. The maximum Gasteiger partial charge on any atom is 0.224 e. The molecule has 1 aromatic rings. The highest BCUT2D eigenvalue weighted by atomic mass is 16.5. The van der Waals surface area contributed by atoms with Gasteiger partial charge in [0, 0.05) is 11.5 Å². The first-order valence-corrected chi connectivity index (χ1v) is 7.27. The van der Waals surface area contributed by atoms with Crippen LogP contribution in [0.15, 0.2) is 30.4 Å². The van der Waals surface area contributed by atoms with Gasteiger partial charge in [-0.1, -0.05) is 24.3 Å². The Balaban J connectivity index is 2.20. The number of amides is 1.